The Bertz CT molecular complexity index is 370. The molecule has 100 valence electrons. The average molecular weight is 269 g/mol. The van der Waals surface area contributed by atoms with Crippen molar-refractivity contribution in [2.24, 2.45) is 0 Å². The summed E-state index contributed by atoms with van der Waals surface area (Å²) in [6.07, 6.45) is 2.56. The van der Waals surface area contributed by atoms with Crippen LogP contribution in [-0.2, 0) is 6.54 Å². The van der Waals surface area contributed by atoms with Gasteiger partial charge in [0.05, 0.1) is 6.54 Å². The van der Waals surface area contributed by atoms with Crippen molar-refractivity contribution in [1.29, 1.82) is 0 Å². The predicted molar refractivity (Wildman–Crippen MR) is 73.8 cm³/mol. The molecule has 0 aliphatic carbocycles. The van der Waals surface area contributed by atoms with Crippen LogP contribution in [-0.4, -0.2) is 40.5 Å². The van der Waals surface area contributed by atoms with Crippen LogP contribution in [0.15, 0.2) is 6.07 Å². The molecule has 1 aromatic rings. The summed E-state index contributed by atoms with van der Waals surface area (Å²) in [4.78, 5) is 11.1. The summed E-state index contributed by atoms with van der Waals surface area (Å²) in [5, 5.41) is 4.06. The Balaban J connectivity index is 1.95. The van der Waals surface area contributed by atoms with Gasteiger partial charge in [-0.15, -0.1) is 0 Å². The number of hydrogen-bond donors (Lipinski definition) is 1. The van der Waals surface area contributed by atoms with E-state index in [9.17, 15) is 0 Å². The van der Waals surface area contributed by atoms with Crippen molar-refractivity contribution < 1.29 is 0 Å². The molecule has 5 heteroatoms. The van der Waals surface area contributed by atoms with Gasteiger partial charge in [0.2, 0.25) is 0 Å². The number of hydrogen-bond acceptors (Lipinski definition) is 4. The zero-order valence-electron chi connectivity index (χ0n) is 11.1. The summed E-state index contributed by atoms with van der Waals surface area (Å²) in [5.74, 6) is 0.819. The number of aromatic nitrogens is 2. The fourth-order valence-corrected chi connectivity index (χ4v) is 2.64. The Hall–Kier alpha value is -0.710. The largest absolute Gasteiger partial charge is 0.313 e. The van der Waals surface area contributed by atoms with Crippen molar-refractivity contribution in [2.75, 3.05) is 19.6 Å². The lowest BCUT2D eigenvalue weighted by atomic mass is 10.2. The number of nitrogens with zero attached hydrogens (tertiary/aromatic N) is 3. The van der Waals surface area contributed by atoms with Gasteiger partial charge >= 0.3 is 0 Å². The highest BCUT2D eigenvalue weighted by Crippen LogP contribution is 2.11. The Morgan fingerprint density at radius 2 is 2.33 bits per heavy atom. The van der Waals surface area contributed by atoms with Gasteiger partial charge in [-0.05, 0) is 38.9 Å². The summed E-state index contributed by atoms with van der Waals surface area (Å²) in [5.41, 5.74) is 0.931. The standard InChI is InChI=1S/C13H21ClN4/c1-3-18(8-11-5-4-6-15-11)9-13-16-10(2)7-12(14)17-13/h7,11,15H,3-6,8-9H2,1-2H3. The van der Waals surface area contributed by atoms with E-state index in [2.05, 4.69) is 27.1 Å². The van der Waals surface area contributed by atoms with E-state index in [1.54, 1.807) is 6.07 Å². The van der Waals surface area contributed by atoms with E-state index in [1.165, 1.54) is 12.8 Å². The molecule has 1 N–H and O–H groups in total. The van der Waals surface area contributed by atoms with E-state index in [4.69, 9.17) is 11.6 Å². The van der Waals surface area contributed by atoms with Crippen molar-refractivity contribution in [3.63, 3.8) is 0 Å². The summed E-state index contributed by atoms with van der Waals surface area (Å²) in [7, 11) is 0. The van der Waals surface area contributed by atoms with Gasteiger partial charge in [0.25, 0.3) is 0 Å². The van der Waals surface area contributed by atoms with Gasteiger partial charge in [0, 0.05) is 18.3 Å². The van der Waals surface area contributed by atoms with Crippen molar-refractivity contribution in [2.45, 2.75) is 39.3 Å². The third-order valence-corrected chi connectivity index (χ3v) is 3.52. The van der Waals surface area contributed by atoms with Gasteiger partial charge < -0.3 is 5.32 Å². The first kappa shape index (κ1) is 13.7. The fourth-order valence-electron chi connectivity index (χ4n) is 2.39. The average Bonchev–Trinajstić information content (AvgIpc) is 2.79. The van der Waals surface area contributed by atoms with Crippen molar-refractivity contribution >= 4 is 11.6 Å². The number of nitrogens with one attached hydrogen (secondary N) is 1. The van der Waals surface area contributed by atoms with Crippen molar-refractivity contribution in [3.8, 4) is 0 Å². The fraction of sp³-hybridized carbons (Fsp3) is 0.692. The molecular formula is C13H21ClN4. The van der Waals surface area contributed by atoms with E-state index >= 15 is 0 Å². The molecule has 0 bridgehead atoms. The third kappa shape index (κ3) is 3.90. The number of aryl methyl sites for hydroxylation is 1. The van der Waals surface area contributed by atoms with Crippen molar-refractivity contribution in [3.05, 3.63) is 22.7 Å². The molecular weight excluding hydrogens is 248 g/mol. The minimum absolute atomic E-state index is 0.535. The van der Waals surface area contributed by atoms with Crippen LogP contribution >= 0.6 is 11.6 Å². The smallest absolute Gasteiger partial charge is 0.144 e. The van der Waals surface area contributed by atoms with Crippen LogP contribution in [0.25, 0.3) is 0 Å². The Kier molecular flexibility index (Phi) is 4.92. The highest BCUT2D eigenvalue weighted by molar-refractivity contribution is 6.29. The maximum Gasteiger partial charge on any atom is 0.144 e. The van der Waals surface area contributed by atoms with Gasteiger partial charge in [-0.1, -0.05) is 18.5 Å². The maximum absolute atomic E-state index is 5.97. The van der Waals surface area contributed by atoms with Crippen LogP contribution in [0.3, 0.4) is 0 Å². The van der Waals surface area contributed by atoms with E-state index in [-0.39, 0.29) is 0 Å². The Morgan fingerprint density at radius 1 is 1.50 bits per heavy atom. The SMILES string of the molecule is CCN(Cc1nc(C)cc(Cl)n1)CC1CCCN1. The van der Waals surface area contributed by atoms with Crippen LogP contribution in [0.1, 0.15) is 31.3 Å². The molecule has 1 saturated heterocycles. The second-order valence-corrected chi connectivity index (χ2v) is 5.26. The van der Waals surface area contributed by atoms with Gasteiger partial charge in [-0.2, -0.15) is 0 Å². The lowest BCUT2D eigenvalue weighted by molar-refractivity contribution is 0.247. The summed E-state index contributed by atoms with van der Waals surface area (Å²) >= 11 is 5.97. The summed E-state index contributed by atoms with van der Waals surface area (Å²) < 4.78 is 0. The molecule has 1 atom stereocenters. The molecule has 2 heterocycles. The molecule has 18 heavy (non-hydrogen) atoms. The van der Waals surface area contributed by atoms with Gasteiger partial charge in [0.15, 0.2) is 0 Å². The molecule has 1 fully saturated rings. The summed E-state index contributed by atoms with van der Waals surface area (Å²) in [6, 6.07) is 2.41. The highest BCUT2D eigenvalue weighted by Gasteiger charge is 2.17. The molecule has 0 amide bonds. The van der Waals surface area contributed by atoms with Gasteiger partial charge in [-0.3, -0.25) is 4.90 Å². The van der Waals surface area contributed by atoms with Gasteiger partial charge in [0.1, 0.15) is 11.0 Å². The van der Waals surface area contributed by atoms with E-state index in [0.29, 0.717) is 11.2 Å². The summed E-state index contributed by atoms with van der Waals surface area (Å²) in [6.45, 7) is 8.11. The molecule has 1 aliphatic heterocycles. The minimum atomic E-state index is 0.535. The monoisotopic (exact) mass is 268 g/mol. The number of rotatable bonds is 5. The Labute approximate surface area is 114 Å². The van der Waals surface area contributed by atoms with E-state index < -0.39 is 0 Å². The van der Waals surface area contributed by atoms with E-state index in [0.717, 1.165) is 37.7 Å². The van der Waals surface area contributed by atoms with Crippen LogP contribution < -0.4 is 5.32 Å². The molecule has 0 aromatic carbocycles. The topological polar surface area (TPSA) is 41.1 Å². The van der Waals surface area contributed by atoms with Crippen molar-refractivity contribution in [1.82, 2.24) is 20.2 Å². The lowest BCUT2D eigenvalue weighted by Gasteiger charge is -2.23. The molecule has 0 radical (unpaired) electrons. The number of likely N-dealkylation sites (N-methyl/N-ethyl adjacent to an activating group) is 1. The first-order valence-corrected chi connectivity index (χ1v) is 7.01. The molecule has 4 nitrogen and oxygen atoms in total. The van der Waals surface area contributed by atoms with Crippen LogP contribution in [0.4, 0.5) is 0 Å². The van der Waals surface area contributed by atoms with E-state index in [1.807, 2.05) is 6.92 Å². The first-order valence-electron chi connectivity index (χ1n) is 6.63. The lowest BCUT2D eigenvalue weighted by Crippen LogP contribution is -2.37. The van der Waals surface area contributed by atoms with Gasteiger partial charge in [-0.25, -0.2) is 9.97 Å². The molecule has 1 aliphatic rings. The minimum Gasteiger partial charge on any atom is -0.313 e. The maximum atomic E-state index is 5.97. The van der Waals surface area contributed by atoms with Crippen LogP contribution in [0.5, 0.6) is 0 Å². The van der Waals surface area contributed by atoms with Crippen LogP contribution in [0, 0.1) is 6.92 Å². The molecule has 2 rings (SSSR count). The second kappa shape index (κ2) is 6.45. The molecule has 1 unspecified atom stereocenters. The predicted octanol–water partition coefficient (Wildman–Crippen LogP) is 2.01. The molecule has 1 aromatic heterocycles. The molecule has 0 saturated carbocycles. The number of halogens is 1. The van der Waals surface area contributed by atoms with Crippen LogP contribution in [0.2, 0.25) is 5.15 Å². The Morgan fingerprint density at radius 3 is 2.94 bits per heavy atom. The molecule has 0 spiro atoms. The quantitative estimate of drug-likeness (QED) is 0.830. The zero-order chi connectivity index (χ0) is 13.0. The second-order valence-electron chi connectivity index (χ2n) is 4.87. The zero-order valence-corrected chi connectivity index (χ0v) is 11.9. The first-order chi connectivity index (χ1) is 8.67. The highest BCUT2D eigenvalue weighted by atomic mass is 35.5. The third-order valence-electron chi connectivity index (χ3n) is 3.32. The normalized spacial score (nSPS) is 19.7.